The summed E-state index contributed by atoms with van der Waals surface area (Å²) >= 11 is 0. The number of benzene rings is 1. The molecule has 0 bridgehead atoms. The number of hydrogen-bond acceptors (Lipinski definition) is 8. The second kappa shape index (κ2) is 8.26. The lowest BCUT2D eigenvalue weighted by atomic mass is 10.1. The summed E-state index contributed by atoms with van der Waals surface area (Å²) in [4.78, 5) is 30.0. The Morgan fingerprint density at radius 1 is 1.24 bits per heavy atom. The minimum Gasteiger partial charge on any atom is -0.424 e. The fraction of sp³-hybridized carbons (Fsp3) is 0.182. The maximum atomic E-state index is 15.2. The molecule has 33 heavy (non-hydrogen) atoms. The zero-order chi connectivity index (χ0) is 22.9. The first-order valence-electron chi connectivity index (χ1n) is 10.2. The van der Waals surface area contributed by atoms with Crippen LogP contribution in [0.3, 0.4) is 0 Å². The monoisotopic (exact) mass is 446 g/mol. The standard InChI is InChI=1S/C22H19FN8O2/c1-2-17(32)30-9-6-13(11-30)31-21-18(20(24)27-12-28-21)19(29-31)15-5-4-14(10-16(15)23)33-22-25-7-3-8-26-22/h2-5,7-8,10,12-13H,1,6,9,11H2,(H2,24,27,28)/t13-/m1/s1. The van der Waals surface area contributed by atoms with Gasteiger partial charge in [-0.3, -0.25) is 4.79 Å². The molecule has 0 saturated carbocycles. The van der Waals surface area contributed by atoms with Crippen molar-refractivity contribution in [1.82, 2.24) is 34.6 Å². The van der Waals surface area contributed by atoms with E-state index < -0.39 is 5.82 Å². The van der Waals surface area contributed by atoms with E-state index in [1.54, 1.807) is 27.8 Å². The van der Waals surface area contributed by atoms with Gasteiger partial charge in [0, 0.05) is 37.1 Å². The molecular weight excluding hydrogens is 427 g/mol. The molecule has 166 valence electrons. The minimum atomic E-state index is -0.562. The number of amides is 1. The Hall–Kier alpha value is -4.41. The topological polar surface area (TPSA) is 125 Å². The van der Waals surface area contributed by atoms with Gasteiger partial charge in [0.05, 0.1) is 11.4 Å². The number of nitrogens with two attached hydrogens (primary N) is 1. The molecule has 4 aromatic rings. The fourth-order valence-electron chi connectivity index (χ4n) is 3.90. The van der Waals surface area contributed by atoms with Gasteiger partial charge < -0.3 is 15.4 Å². The summed E-state index contributed by atoms with van der Waals surface area (Å²) in [6.45, 7) is 4.55. The van der Waals surface area contributed by atoms with Gasteiger partial charge in [-0.2, -0.15) is 5.10 Å². The number of halogens is 1. The van der Waals surface area contributed by atoms with Gasteiger partial charge in [0.2, 0.25) is 5.91 Å². The number of carbonyl (C=O) groups is 1. The van der Waals surface area contributed by atoms with E-state index in [0.717, 1.165) is 0 Å². The molecule has 4 heterocycles. The fourth-order valence-corrected chi connectivity index (χ4v) is 3.90. The first-order valence-corrected chi connectivity index (χ1v) is 10.2. The van der Waals surface area contributed by atoms with Crippen LogP contribution in [0.1, 0.15) is 12.5 Å². The van der Waals surface area contributed by atoms with Crippen molar-refractivity contribution in [3.05, 3.63) is 61.5 Å². The Bertz CT molecular complexity index is 1360. The lowest BCUT2D eigenvalue weighted by Gasteiger charge is -2.14. The highest BCUT2D eigenvalue weighted by molar-refractivity contribution is 5.98. The molecule has 1 saturated heterocycles. The maximum Gasteiger partial charge on any atom is 0.321 e. The number of carbonyl (C=O) groups excluding carboxylic acids is 1. The molecule has 10 nitrogen and oxygen atoms in total. The zero-order valence-corrected chi connectivity index (χ0v) is 17.4. The molecule has 0 radical (unpaired) electrons. The number of ether oxygens (including phenoxy) is 1. The third-order valence-electron chi connectivity index (χ3n) is 5.46. The van der Waals surface area contributed by atoms with Crippen molar-refractivity contribution in [2.75, 3.05) is 18.8 Å². The molecule has 0 aliphatic carbocycles. The van der Waals surface area contributed by atoms with Crippen molar-refractivity contribution in [3.8, 4) is 23.0 Å². The van der Waals surface area contributed by atoms with Crippen LogP contribution in [0.4, 0.5) is 10.2 Å². The second-order valence-electron chi connectivity index (χ2n) is 7.46. The average molecular weight is 446 g/mol. The third-order valence-corrected chi connectivity index (χ3v) is 5.46. The lowest BCUT2D eigenvalue weighted by Crippen LogP contribution is -2.27. The van der Waals surface area contributed by atoms with Crippen molar-refractivity contribution < 1.29 is 13.9 Å². The van der Waals surface area contributed by atoms with Crippen LogP contribution in [0, 0.1) is 5.82 Å². The molecule has 1 aliphatic rings. The maximum absolute atomic E-state index is 15.2. The molecule has 5 rings (SSSR count). The van der Waals surface area contributed by atoms with E-state index in [2.05, 4.69) is 31.6 Å². The molecule has 0 spiro atoms. The molecule has 0 unspecified atom stereocenters. The van der Waals surface area contributed by atoms with E-state index in [4.69, 9.17) is 10.5 Å². The van der Waals surface area contributed by atoms with E-state index in [9.17, 15) is 4.79 Å². The Morgan fingerprint density at radius 3 is 2.82 bits per heavy atom. The van der Waals surface area contributed by atoms with Gasteiger partial charge in [0.1, 0.15) is 29.4 Å². The van der Waals surface area contributed by atoms with E-state index >= 15 is 4.39 Å². The van der Waals surface area contributed by atoms with Crippen molar-refractivity contribution in [2.24, 2.45) is 0 Å². The van der Waals surface area contributed by atoms with Gasteiger partial charge in [0.15, 0.2) is 5.65 Å². The SMILES string of the molecule is C=CC(=O)N1CC[C@@H](n2nc(-c3ccc(Oc4ncccn4)cc3F)c3c(N)ncnc32)C1. The summed E-state index contributed by atoms with van der Waals surface area (Å²) in [5.41, 5.74) is 7.16. The summed E-state index contributed by atoms with van der Waals surface area (Å²) < 4.78 is 22.4. The van der Waals surface area contributed by atoms with Crippen LogP contribution in [0.25, 0.3) is 22.3 Å². The molecule has 2 N–H and O–H groups in total. The zero-order valence-electron chi connectivity index (χ0n) is 17.4. The Labute approximate surface area is 187 Å². The molecular formula is C22H19FN8O2. The Balaban J connectivity index is 1.54. The van der Waals surface area contributed by atoms with E-state index in [1.165, 1.54) is 30.9 Å². The third kappa shape index (κ3) is 3.73. The summed E-state index contributed by atoms with van der Waals surface area (Å²) in [7, 11) is 0. The van der Waals surface area contributed by atoms with Crippen molar-refractivity contribution in [2.45, 2.75) is 12.5 Å². The number of rotatable bonds is 5. The summed E-state index contributed by atoms with van der Waals surface area (Å²) in [5, 5.41) is 5.11. The quantitative estimate of drug-likeness (QED) is 0.464. The lowest BCUT2D eigenvalue weighted by molar-refractivity contribution is -0.125. The van der Waals surface area contributed by atoms with Gasteiger partial charge >= 0.3 is 6.01 Å². The van der Waals surface area contributed by atoms with Gasteiger partial charge in [0.25, 0.3) is 0 Å². The van der Waals surface area contributed by atoms with Crippen LogP contribution in [-0.2, 0) is 4.79 Å². The number of likely N-dealkylation sites (tertiary alicyclic amines) is 1. The predicted molar refractivity (Wildman–Crippen MR) is 118 cm³/mol. The highest BCUT2D eigenvalue weighted by Gasteiger charge is 2.30. The van der Waals surface area contributed by atoms with E-state index in [0.29, 0.717) is 36.2 Å². The van der Waals surface area contributed by atoms with Crippen LogP contribution in [0.2, 0.25) is 0 Å². The highest BCUT2D eigenvalue weighted by atomic mass is 19.1. The van der Waals surface area contributed by atoms with Gasteiger partial charge in [-0.1, -0.05) is 6.58 Å². The molecule has 1 amide bonds. The Morgan fingerprint density at radius 2 is 2.06 bits per heavy atom. The predicted octanol–water partition coefficient (Wildman–Crippen LogP) is 2.76. The molecule has 1 fully saturated rings. The second-order valence-corrected chi connectivity index (χ2v) is 7.46. The van der Waals surface area contributed by atoms with Gasteiger partial charge in [-0.05, 0) is 30.7 Å². The Kier molecular flexibility index (Phi) is 5.13. The first-order chi connectivity index (χ1) is 16.0. The largest absolute Gasteiger partial charge is 0.424 e. The van der Waals surface area contributed by atoms with Crippen molar-refractivity contribution in [1.29, 1.82) is 0 Å². The normalized spacial score (nSPS) is 15.7. The van der Waals surface area contributed by atoms with Crippen LogP contribution in [-0.4, -0.2) is 53.6 Å². The number of nitrogen functional groups attached to an aromatic ring is 1. The summed E-state index contributed by atoms with van der Waals surface area (Å²) in [5.74, 6) is -0.277. The number of anilines is 1. The smallest absolute Gasteiger partial charge is 0.321 e. The molecule has 1 atom stereocenters. The van der Waals surface area contributed by atoms with Crippen molar-refractivity contribution in [3.63, 3.8) is 0 Å². The summed E-state index contributed by atoms with van der Waals surface area (Å²) in [6.07, 6.45) is 6.36. The number of aromatic nitrogens is 6. The van der Waals surface area contributed by atoms with Crippen LogP contribution in [0.15, 0.2) is 55.6 Å². The molecule has 1 aliphatic heterocycles. The first kappa shape index (κ1) is 20.5. The molecule has 11 heteroatoms. The van der Waals surface area contributed by atoms with E-state index in [-0.39, 0.29) is 35.1 Å². The number of nitrogens with zero attached hydrogens (tertiary/aromatic N) is 7. The van der Waals surface area contributed by atoms with Crippen LogP contribution in [0.5, 0.6) is 11.8 Å². The number of hydrogen-bond donors (Lipinski definition) is 1. The summed E-state index contributed by atoms with van der Waals surface area (Å²) in [6, 6.07) is 6.00. The van der Waals surface area contributed by atoms with Crippen LogP contribution < -0.4 is 10.5 Å². The van der Waals surface area contributed by atoms with Gasteiger partial charge in [-0.25, -0.2) is 29.0 Å². The van der Waals surface area contributed by atoms with Crippen LogP contribution >= 0.6 is 0 Å². The average Bonchev–Trinajstić information content (AvgIpc) is 3.45. The van der Waals surface area contributed by atoms with Crippen molar-refractivity contribution >= 4 is 22.8 Å². The van der Waals surface area contributed by atoms with E-state index in [1.807, 2.05) is 0 Å². The van der Waals surface area contributed by atoms with Gasteiger partial charge in [-0.15, -0.1) is 0 Å². The number of fused-ring (bicyclic) bond motifs is 1. The minimum absolute atomic E-state index is 0.108. The molecule has 3 aromatic heterocycles. The highest BCUT2D eigenvalue weighted by Crippen LogP contribution is 2.36. The molecule has 1 aromatic carbocycles.